The molecule has 0 aliphatic heterocycles. The number of hydrogen-bond acceptors (Lipinski definition) is 3. The van der Waals surface area contributed by atoms with Gasteiger partial charge in [0.2, 0.25) is 0 Å². The summed E-state index contributed by atoms with van der Waals surface area (Å²) in [4.78, 5) is 0. The molecule has 78 valence electrons. The summed E-state index contributed by atoms with van der Waals surface area (Å²) in [5, 5.41) is 21.5. The Labute approximate surface area is 80.2 Å². The molecule has 3 nitrogen and oxygen atoms in total. The third kappa shape index (κ3) is 4.07. The van der Waals surface area contributed by atoms with E-state index < -0.39 is 5.60 Å². The van der Waals surface area contributed by atoms with Gasteiger partial charge in [-0.25, -0.2) is 0 Å². The number of hydrogen-bond donors (Lipinski definition) is 3. The van der Waals surface area contributed by atoms with Crippen LogP contribution in [0.5, 0.6) is 0 Å². The Kier molecular flexibility index (Phi) is 4.16. The summed E-state index contributed by atoms with van der Waals surface area (Å²) in [5.74, 6) is 0.787. The number of aliphatic hydroxyl groups is 2. The van der Waals surface area contributed by atoms with Gasteiger partial charge in [0, 0.05) is 6.54 Å². The highest BCUT2D eigenvalue weighted by molar-refractivity contribution is 4.76. The molecule has 1 unspecified atom stereocenters. The minimum Gasteiger partial charge on any atom is -0.393 e. The molecule has 0 bridgehead atoms. The highest BCUT2D eigenvalue weighted by Crippen LogP contribution is 2.23. The molecule has 1 aliphatic carbocycles. The monoisotopic (exact) mass is 187 g/mol. The standard InChI is InChI=1S/C10H21NO2/c1-10(13,8-12)7-11-6-9-4-2-3-5-9/h9,11-13H,2-8H2,1H3. The van der Waals surface area contributed by atoms with Gasteiger partial charge < -0.3 is 15.5 Å². The second-order valence-corrected chi connectivity index (χ2v) is 4.44. The lowest BCUT2D eigenvalue weighted by molar-refractivity contribution is 0.00228. The normalized spacial score (nSPS) is 23.3. The SMILES string of the molecule is CC(O)(CO)CNCC1CCCC1. The van der Waals surface area contributed by atoms with E-state index in [0.717, 1.165) is 12.5 Å². The summed E-state index contributed by atoms with van der Waals surface area (Å²) in [5.41, 5.74) is -0.960. The second-order valence-electron chi connectivity index (χ2n) is 4.44. The van der Waals surface area contributed by atoms with Crippen LogP contribution in [0.1, 0.15) is 32.6 Å². The van der Waals surface area contributed by atoms with Crippen molar-refractivity contribution in [2.75, 3.05) is 19.7 Å². The predicted octanol–water partition coefficient (Wildman–Crippen LogP) is 0.509. The van der Waals surface area contributed by atoms with Gasteiger partial charge in [0.1, 0.15) is 0 Å². The molecule has 13 heavy (non-hydrogen) atoms. The highest BCUT2D eigenvalue weighted by atomic mass is 16.3. The minimum atomic E-state index is -0.960. The predicted molar refractivity (Wildman–Crippen MR) is 52.5 cm³/mol. The van der Waals surface area contributed by atoms with Crippen molar-refractivity contribution < 1.29 is 10.2 Å². The molecule has 0 heterocycles. The molecule has 0 saturated heterocycles. The third-order valence-corrected chi connectivity index (χ3v) is 2.75. The van der Waals surface area contributed by atoms with Crippen molar-refractivity contribution in [2.24, 2.45) is 5.92 Å². The van der Waals surface area contributed by atoms with E-state index in [0.29, 0.717) is 6.54 Å². The van der Waals surface area contributed by atoms with Crippen LogP contribution < -0.4 is 5.32 Å². The Morgan fingerprint density at radius 1 is 1.38 bits per heavy atom. The van der Waals surface area contributed by atoms with Crippen molar-refractivity contribution in [2.45, 2.75) is 38.2 Å². The van der Waals surface area contributed by atoms with E-state index in [1.54, 1.807) is 6.92 Å². The first-order valence-corrected chi connectivity index (χ1v) is 5.18. The summed E-state index contributed by atoms with van der Waals surface area (Å²) in [6, 6.07) is 0. The number of aliphatic hydroxyl groups excluding tert-OH is 1. The van der Waals surface area contributed by atoms with Gasteiger partial charge in [0.05, 0.1) is 12.2 Å². The van der Waals surface area contributed by atoms with Gasteiger partial charge in [0.15, 0.2) is 0 Å². The van der Waals surface area contributed by atoms with E-state index in [-0.39, 0.29) is 6.61 Å². The summed E-state index contributed by atoms with van der Waals surface area (Å²) in [7, 11) is 0. The summed E-state index contributed by atoms with van der Waals surface area (Å²) in [6.07, 6.45) is 5.33. The molecule has 3 heteroatoms. The number of nitrogens with one attached hydrogen (secondary N) is 1. The van der Waals surface area contributed by atoms with Crippen molar-refractivity contribution in [3.63, 3.8) is 0 Å². The average Bonchev–Trinajstić information content (AvgIpc) is 2.57. The van der Waals surface area contributed by atoms with Crippen LogP contribution in [0.3, 0.4) is 0 Å². The molecule has 0 radical (unpaired) electrons. The quantitative estimate of drug-likeness (QED) is 0.588. The zero-order chi connectivity index (χ0) is 9.73. The Hall–Kier alpha value is -0.120. The van der Waals surface area contributed by atoms with E-state index in [2.05, 4.69) is 5.32 Å². The maximum Gasteiger partial charge on any atom is 0.0972 e. The van der Waals surface area contributed by atoms with Gasteiger partial charge in [-0.05, 0) is 32.2 Å². The van der Waals surface area contributed by atoms with Crippen molar-refractivity contribution in [1.29, 1.82) is 0 Å². The van der Waals surface area contributed by atoms with Crippen molar-refractivity contribution >= 4 is 0 Å². The van der Waals surface area contributed by atoms with Gasteiger partial charge in [-0.1, -0.05) is 12.8 Å². The fourth-order valence-electron chi connectivity index (χ4n) is 1.82. The maximum atomic E-state index is 9.48. The molecular formula is C10H21NO2. The molecule has 0 spiro atoms. The van der Waals surface area contributed by atoms with Crippen LogP contribution in [0, 0.1) is 5.92 Å². The Morgan fingerprint density at radius 2 is 2.00 bits per heavy atom. The van der Waals surface area contributed by atoms with E-state index in [1.807, 2.05) is 0 Å². The first-order valence-electron chi connectivity index (χ1n) is 5.18. The molecule has 3 N–H and O–H groups in total. The van der Waals surface area contributed by atoms with Crippen LogP contribution in [-0.2, 0) is 0 Å². The average molecular weight is 187 g/mol. The van der Waals surface area contributed by atoms with Crippen LogP contribution in [0.2, 0.25) is 0 Å². The zero-order valence-corrected chi connectivity index (χ0v) is 8.42. The molecular weight excluding hydrogens is 166 g/mol. The zero-order valence-electron chi connectivity index (χ0n) is 8.42. The van der Waals surface area contributed by atoms with Crippen LogP contribution >= 0.6 is 0 Å². The van der Waals surface area contributed by atoms with Crippen molar-refractivity contribution in [1.82, 2.24) is 5.32 Å². The van der Waals surface area contributed by atoms with Crippen molar-refractivity contribution in [3.05, 3.63) is 0 Å². The summed E-state index contributed by atoms with van der Waals surface area (Å²) in [6.45, 7) is 2.94. The molecule has 0 aromatic heterocycles. The highest BCUT2D eigenvalue weighted by Gasteiger charge is 2.20. The maximum absolute atomic E-state index is 9.48. The van der Waals surface area contributed by atoms with E-state index in [4.69, 9.17) is 5.11 Å². The second kappa shape index (κ2) is 4.94. The summed E-state index contributed by atoms with van der Waals surface area (Å²) >= 11 is 0. The number of rotatable bonds is 5. The molecule has 1 aliphatic rings. The van der Waals surface area contributed by atoms with Crippen LogP contribution in [0.4, 0.5) is 0 Å². The topological polar surface area (TPSA) is 52.5 Å². The van der Waals surface area contributed by atoms with Crippen LogP contribution in [0.15, 0.2) is 0 Å². The largest absolute Gasteiger partial charge is 0.393 e. The smallest absolute Gasteiger partial charge is 0.0972 e. The van der Waals surface area contributed by atoms with Gasteiger partial charge in [0.25, 0.3) is 0 Å². The minimum absolute atomic E-state index is 0.176. The Bertz CT molecular complexity index is 142. The van der Waals surface area contributed by atoms with Crippen LogP contribution in [0.25, 0.3) is 0 Å². The van der Waals surface area contributed by atoms with Gasteiger partial charge >= 0.3 is 0 Å². The Morgan fingerprint density at radius 3 is 2.54 bits per heavy atom. The lowest BCUT2D eigenvalue weighted by Crippen LogP contribution is -2.42. The Balaban J connectivity index is 2.06. The van der Waals surface area contributed by atoms with Crippen LogP contribution in [-0.4, -0.2) is 35.5 Å². The van der Waals surface area contributed by atoms with E-state index >= 15 is 0 Å². The molecule has 1 atom stereocenters. The van der Waals surface area contributed by atoms with E-state index in [1.165, 1.54) is 25.7 Å². The molecule has 0 amide bonds. The fraction of sp³-hybridized carbons (Fsp3) is 1.00. The first-order chi connectivity index (χ1) is 6.14. The lowest BCUT2D eigenvalue weighted by atomic mass is 10.1. The lowest BCUT2D eigenvalue weighted by Gasteiger charge is -2.21. The molecule has 0 aromatic carbocycles. The molecule has 1 rings (SSSR count). The third-order valence-electron chi connectivity index (χ3n) is 2.75. The first kappa shape index (κ1) is 11.0. The fourth-order valence-corrected chi connectivity index (χ4v) is 1.82. The van der Waals surface area contributed by atoms with Crippen molar-refractivity contribution in [3.8, 4) is 0 Å². The van der Waals surface area contributed by atoms with E-state index in [9.17, 15) is 5.11 Å². The van der Waals surface area contributed by atoms with Gasteiger partial charge in [-0.3, -0.25) is 0 Å². The molecule has 0 aromatic rings. The molecule has 1 fully saturated rings. The van der Waals surface area contributed by atoms with Gasteiger partial charge in [-0.15, -0.1) is 0 Å². The van der Waals surface area contributed by atoms with Gasteiger partial charge in [-0.2, -0.15) is 0 Å². The summed E-state index contributed by atoms with van der Waals surface area (Å²) < 4.78 is 0. The molecule has 1 saturated carbocycles.